The minimum Gasteiger partial charge on any atom is -0.418 e. The van der Waals surface area contributed by atoms with Crippen LogP contribution in [0.5, 0.6) is 0 Å². The smallest absolute Gasteiger partial charge is 0.418 e. The zero-order chi connectivity index (χ0) is 10.5. The van der Waals surface area contributed by atoms with Crippen molar-refractivity contribution in [3.8, 4) is 0 Å². The van der Waals surface area contributed by atoms with Crippen LogP contribution in [0.25, 0.3) is 0 Å². The van der Waals surface area contributed by atoms with E-state index >= 15 is 0 Å². The van der Waals surface area contributed by atoms with Gasteiger partial charge in [0.1, 0.15) is 0 Å². The summed E-state index contributed by atoms with van der Waals surface area (Å²) in [5.74, 6) is 0. The van der Waals surface area contributed by atoms with Gasteiger partial charge in [0.2, 0.25) is 0 Å². The highest BCUT2D eigenvalue weighted by atomic mass is 19.5. The van der Waals surface area contributed by atoms with Crippen LogP contribution in [0.1, 0.15) is 0 Å². The van der Waals surface area contributed by atoms with E-state index in [0.717, 1.165) is 6.67 Å². The van der Waals surface area contributed by atoms with E-state index in [1.807, 2.05) is 24.3 Å². The normalized spacial score (nSPS) is 15.5. The second kappa shape index (κ2) is 4.79. The van der Waals surface area contributed by atoms with Gasteiger partial charge in [-0.05, 0) is 6.20 Å². The Hall–Kier alpha value is -1.14. The summed E-state index contributed by atoms with van der Waals surface area (Å²) in [6.07, 6.45) is 5.81. The van der Waals surface area contributed by atoms with Gasteiger partial charge in [-0.3, -0.25) is 0 Å². The minimum absolute atomic E-state index is 0.934. The third-order valence-corrected chi connectivity index (χ3v) is 1.13. The van der Waals surface area contributed by atoms with Crippen LogP contribution in [0.4, 0.5) is 17.3 Å². The Balaban J connectivity index is 0.000000252. The molecule has 1 aliphatic rings. The summed E-state index contributed by atoms with van der Waals surface area (Å²) in [5.41, 5.74) is 0. The van der Waals surface area contributed by atoms with Crippen molar-refractivity contribution in [2.75, 3.05) is 13.7 Å². The van der Waals surface area contributed by atoms with Gasteiger partial charge < -0.3 is 27.1 Å². The van der Waals surface area contributed by atoms with Crippen LogP contribution in [0, 0.1) is 0 Å². The van der Waals surface area contributed by atoms with Crippen LogP contribution in [0.2, 0.25) is 0 Å². The van der Waals surface area contributed by atoms with Gasteiger partial charge in [-0.2, -0.15) is 0 Å². The summed E-state index contributed by atoms with van der Waals surface area (Å²) in [6, 6.07) is 0. The lowest BCUT2D eigenvalue weighted by Gasteiger charge is -2.11. The van der Waals surface area contributed by atoms with Gasteiger partial charge in [-0.25, -0.2) is 0 Å². The lowest BCUT2D eigenvalue weighted by Crippen LogP contribution is -2.16. The van der Waals surface area contributed by atoms with Gasteiger partial charge in [-0.1, -0.05) is 6.58 Å². The van der Waals surface area contributed by atoms with Crippen molar-refractivity contribution in [3.63, 3.8) is 0 Å². The molecule has 0 aromatic rings. The monoisotopic (exact) mass is 197 g/mol. The number of hydrogen-bond acceptors (Lipinski definition) is 2. The highest BCUT2D eigenvalue weighted by Crippen LogP contribution is 2.06. The van der Waals surface area contributed by atoms with E-state index in [1.54, 1.807) is 6.20 Å². The average molecular weight is 197 g/mol. The molecule has 1 rings (SSSR count). The Morgan fingerprint density at radius 1 is 1.31 bits per heavy atom. The van der Waals surface area contributed by atoms with Gasteiger partial charge in [0.05, 0.1) is 6.67 Å². The average Bonchev–Trinajstić information content (AvgIpc) is 2.31. The Bertz CT molecular complexity index is 186. The second-order valence-corrected chi connectivity index (χ2v) is 2.39. The highest BCUT2D eigenvalue weighted by molar-refractivity contribution is 6.50. The molecular formula is C6H10BF4N2-. The molecule has 0 amide bonds. The molecule has 0 aromatic carbocycles. The van der Waals surface area contributed by atoms with Crippen molar-refractivity contribution < 1.29 is 17.3 Å². The molecule has 2 nitrogen and oxygen atoms in total. The second-order valence-electron chi connectivity index (χ2n) is 2.39. The van der Waals surface area contributed by atoms with Crippen LogP contribution in [-0.2, 0) is 0 Å². The third-order valence-electron chi connectivity index (χ3n) is 1.13. The summed E-state index contributed by atoms with van der Waals surface area (Å²) in [5, 5.41) is 0. The zero-order valence-corrected chi connectivity index (χ0v) is 7.13. The summed E-state index contributed by atoms with van der Waals surface area (Å²) in [6.45, 7) is 4.56. The fourth-order valence-corrected chi connectivity index (χ4v) is 0.670. The third kappa shape index (κ3) is 8.77. The van der Waals surface area contributed by atoms with Gasteiger partial charge >= 0.3 is 7.25 Å². The fraction of sp³-hybridized carbons (Fsp3) is 0.333. The molecule has 1 aliphatic heterocycles. The van der Waals surface area contributed by atoms with E-state index in [4.69, 9.17) is 0 Å². The molecule has 0 unspecified atom stereocenters. The van der Waals surface area contributed by atoms with Crippen LogP contribution in [0.3, 0.4) is 0 Å². The lowest BCUT2D eigenvalue weighted by atomic mass is 10.3. The molecule has 0 spiro atoms. The quantitative estimate of drug-likeness (QED) is 0.469. The molecule has 13 heavy (non-hydrogen) atoms. The van der Waals surface area contributed by atoms with Gasteiger partial charge in [0.25, 0.3) is 0 Å². The Labute approximate surface area is 74.2 Å². The fourth-order valence-electron chi connectivity index (χ4n) is 0.670. The highest BCUT2D eigenvalue weighted by Gasteiger charge is 2.20. The van der Waals surface area contributed by atoms with Crippen molar-refractivity contribution in [2.24, 2.45) is 0 Å². The maximum absolute atomic E-state index is 9.75. The zero-order valence-electron chi connectivity index (χ0n) is 7.13. The first-order valence-electron chi connectivity index (χ1n) is 3.47. The van der Waals surface area contributed by atoms with E-state index in [1.165, 1.54) is 0 Å². The molecule has 76 valence electrons. The lowest BCUT2D eigenvalue weighted by molar-refractivity contribution is 0.364. The minimum atomic E-state index is -6.00. The Morgan fingerprint density at radius 2 is 1.77 bits per heavy atom. The maximum atomic E-state index is 9.75. The summed E-state index contributed by atoms with van der Waals surface area (Å²) in [7, 11) is -3.97. The van der Waals surface area contributed by atoms with E-state index in [9.17, 15) is 17.3 Å². The van der Waals surface area contributed by atoms with Crippen molar-refractivity contribution in [2.45, 2.75) is 0 Å². The topological polar surface area (TPSA) is 6.48 Å². The molecule has 0 fully saturated rings. The van der Waals surface area contributed by atoms with E-state index in [2.05, 4.69) is 11.5 Å². The molecule has 0 N–H and O–H groups in total. The Kier molecular flexibility index (Phi) is 4.37. The van der Waals surface area contributed by atoms with Crippen molar-refractivity contribution in [3.05, 3.63) is 25.2 Å². The molecule has 0 saturated heterocycles. The first-order valence-corrected chi connectivity index (χ1v) is 3.47. The van der Waals surface area contributed by atoms with Crippen molar-refractivity contribution >= 4 is 7.25 Å². The molecule has 1 heterocycles. The van der Waals surface area contributed by atoms with E-state index < -0.39 is 7.25 Å². The van der Waals surface area contributed by atoms with E-state index in [-0.39, 0.29) is 0 Å². The summed E-state index contributed by atoms with van der Waals surface area (Å²) in [4.78, 5) is 4.10. The Morgan fingerprint density at radius 3 is 1.92 bits per heavy atom. The first-order chi connectivity index (χ1) is 5.83. The molecular weight excluding hydrogens is 187 g/mol. The molecule has 0 saturated carbocycles. The van der Waals surface area contributed by atoms with Crippen LogP contribution in [-0.4, -0.2) is 30.8 Å². The largest absolute Gasteiger partial charge is 0.673 e. The maximum Gasteiger partial charge on any atom is 0.673 e. The predicted octanol–water partition coefficient (Wildman–Crippen LogP) is 2.11. The molecule has 0 atom stereocenters. The van der Waals surface area contributed by atoms with E-state index in [0.29, 0.717) is 0 Å². The molecule has 0 bridgehead atoms. The number of halogens is 4. The summed E-state index contributed by atoms with van der Waals surface area (Å²) < 4.78 is 39.0. The van der Waals surface area contributed by atoms with Crippen molar-refractivity contribution in [1.29, 1.82) is 0 Å². The first kappa shape index (κ1) is 11.9. The van der Waals surface area contributed by atoms with Gasteiger partial charge in [0, 0.05) is 19.4 Å². The predicted molar refractivity (Wildman–Crippen MR) is 44.0 cm³/mol. The van der Waals surface area contributed by atoms with Gasteiger partial charge in [-0.15, -0.1) is 0 Å². The molecule has 7 heteroatoms. The molecule has 0 aliphatic carbocycles. The van der Waals surface area contributed by atoms with Crippen LogP contribution in [0.15, 0.2) is 25.2 Å². The van der Waals surface area contributed by atoms with Gasteiger partial charge in [0.15, 0.2) is 0 Å². The standard InChI is InChI=1S/C6H10N2.BF4/c1-3-8-5-4-7(2)6-8;2-1(3,4)5/h3-5H,1,6H2,2H3;/q;-1. The molecule has 0 radical (unpaired) electrons. The van der Waals surface area contributed by atoms with Crippen molar-refractivity contribution in [1.82, 2.24) is 9.80 Å². The SMILES string of the molecule is C=CN1C=CN(C)C1.F[B-](F)(F)F. The molecule has 0 aromatic heterocycles. The van der Waals surface area contributed by atoms with Crippen LogP contribution < -0.4 is 0 Å². The number of rotatable bonds is 1. The number of hydrogen-bond donors (Lipinski definition) is 0. The summed E-state index contributed by atoms with van der Waals surface area (Å²) >= 11 is 0. The van der Waals surface area contributed by atoms with Crippen LogP contribution >= 0.6 is 0 Å². The number of nitrogens with zero attached hydrogens (tertiary/aromatic N) is 2.